The van der Waals surface area contributed by atoms with Gasteiger partial charge >= 0.3 is 0 Å². The highest BCUT2D eigenvalue weighted by molar-refractivity contribution is 8.18. The number of thioether (sulfide) groups is 1. The number of carbonyl (C=O) groups excluding carboxylic acids is 2. The van der Waals surface area contributed by atoms with Gasteiger partial charge in [0.25, 0.3) is 11.1 Å². The fraction of sp³-hybridized carbons (Fsp3) is 0.120. The topological polar surface area (TPSA) is 62.5 Å². The monoisotopic (exact) mass is 428 g/mol. The molecule has 2 heterocycles. The lowest BCUT2D eigenvalue weighted by Gasteiger charge is -2.19. The molecule has 1 fully saturated rings. The molecule has 0 unspecified atom stereocenters. The van der Waals surface area contributed by atoms with Gasteiger partial charge in [-0.3, -0.25) is 14.5 Å². The van der Waals surface area contributed by atoms with Crippen molar-refractivity contribution in [3.8, 4) is 0 Å². The van der Waals surface area contributed by atoms with Crippen molar-refractivity contribution in [1.82, 2.24) is 9.47 Å². The van der Waals surface area contributed by atoms with E-state index in [0.29, 0.717) is 4.91 Å². The van der Waals surface area contributed by atoms with E-state index in [2.05, 4.69) is 12.1 Å². The van der Waals surface area contributed by atoms with Crippen LogP contribution in [0, 0.1) is 0 Å². The molecule has 31 heavy (non-hydrogen) atoms. The van der Waals surface area contributed by atoms with Crippen LogP contribution >= 0.6 is 11.8 Å². The maximum absolute atomic E-state index is 12.8. The molecule has 5 rings (SSSR count). The highest BCUT2D eigenvalue weighted by Gasteiger charge is 2.36. The summed E-state index contributed by atoms with van der Waals surface area (Å²) in [5.41, 5.74) is 2.89. The van der Waals surface area contributed by atoms with Crippen molar-refractivity contribution in [1.29, 1.82) is 0 Å². The fourth-order valence-electron chi connectivity index (χ4n) is 4.04. The number of hydrogen-bond donors (Lipinski definition) is 1. The lowest BCUT2D eigenvalue weighted by molar-refractivity contribution is -0.123. The van der Waals surface area contributed by atoms with Gasteiger partial charge in [0, 0.05) is 21.8 Å². The molecule has 4 aromatic rings. The molecule has 6 heteroatoms. The van der Waals surface area contributed by atoms with Gasteiger partial charge in [-0.15, -0.1) is 0 Å². The van der Waals surface area contributed by atoms with Crippen LogP contribution in [0.3, 0.4) is 0 Å². The number of β-amino-alcohol motifs (C(OH)–C–C–N with tert-alkyl or cyclic N) is 1. The summed E-state index contributed by atoms with van der Waals surface area (Å²) in [6.07, 6.45) is 0.827. The number of nitrogens with zero attached hydrogens (tertiary/aromatic N) is 2. The van der Waals surface area contributed by atoms with Crippen molar-refractivity contribution in [2.45, 2.75) is 12.6 Å². The van der Waals surface area contributed by atoms with Gasteiger partial charge in [-0.1, -0.05) is 66.7 Å². The van der Waals surface area contributed by atoms with E-state index < -0.39 is 6.10 Å². The van der Waals surface area contributed by atoms with Crippen LogP contribution in [0.5, 0.6) is 0 Å². The minimum atomic E-state index is -0.885. The number of aliphatic hydroxyl groups is 1. The van der Waals surface area contributed by atoms with Gasteiger partial charge in [0.15, 0.2) is 0 Å². The molecule has 1 aliphatic heterocycles. The number of carbonyl (C=O) groups is 2. The van der Waals surface area contributed by atoms with Gasteiger partial charge in [-0.05, 0) is 35.5 Å². The summed E-state index contributed by atoms with van der Waals surface area (Å²) in [6, 6.07) is 25.5. The highest BCUT2D eigenvalue weighted by atomic mass is 32.2. The summed E-state index contributed by atoms with van der Waals surface area (Å²) < 4.78 is 2.05. The predicted octanol–water partition coefficient (Wildman–Crippen LogP) is 4.89. The first-order valence-electron chi connectivity index (χ1n) is 10.1. The summed E-state index contributed by atoms with van der Waals surface area (Å²) >= 11 is 0.912. The van der Waals surface area contributed by atoms with Crippen LogP contribution in [-0.2, 0) is 11.3 Å². The number of amides is 2. The predicted molar refractivity (Wildman–Crippen MR) is 125 cm³/mol. The third kappa shape index (κ3) is 3.65. The van der Waals surface area contributed by atoms with Crippen molar-refractivity contribution < 1.29 is 14.7 Å². The Kier molecular flexibility index (Phi) is 5.10. The van der Waals surface area contributed by atoms with Crippen LogP contribution in [0.15, 0.2) is 83.8 Å². The Morgan fingerprint density at radius 2 is 1.39 bits per heavy atom. The van der Waals surface area contributed by atoms with Crippen molar-refractivity contribution in [3.63, 3.8) is 0 Å². The van der Waals surface area contributed by atoms with Gasteiger partial charge in [0.05, 0.1) is 24.1 Å². The van der Waals surface area contributed by atoms with E-state index in [4.69, 9.17) is 0 Å². The molecule has 0 saturated carbocycles. The maximum Gasteiger partial charge on any atom is 0.293 e. The first-order valence-corrected chi connectivity index (χ1v) is 10.9. The largest absolute Gasteiger partial charge is 0.389 e. The average molecular weight is 429 g/mol. The van der Waals surface area contributed by atoms with Gasteiger partial charge in [0.2, 0.25) is 0 Å². The molecule has 1 saturated heterocycles. The second-order valence-corrected chi connectivity index (χ2v) is 8.49. The first kappa shape index (κ1) is 19.6. The second-order valence-electron chi connectivity index (χ2n) is 7.50. The van der Waals surface area contributed by atoms with E-state index in [0.717, 1.165) is 44.0 Å². The SMILES string of the molecule is O=C1S/C(=C\c2ccccc2)C(=O)N1C[C@@H](O)Cn1c2ccccc2c2ccccc21. The minimum Gasteiger partial charge on any atom is -0.389 e. The van der Waals surface area contributed by atoms with E-state index in [9.17, 15) is 14.7 Å². The van der Waals surface area contributed by atoms with Crippen LogP contribution in [-0.4, -0.2) is 38.4 Å². The first-order chi connectivity index (χ1) is 15.1. The fourth-order valence-corrected chi connectivity index (χ4v) is 4.89. The number of hydrogen-bond acceptors (Lipinski definition) is 4. The Hall–Kier alpha value is -3.35. The van der Waals surface area contributed by atoms with Gasteiger partial charge in [-0.2, -0.15) is 0 Å². The number of fused-ring (bicyclic) bond motifs is 3. The van der Waals surface area contributed by atoms with E-state index >= 15 is 0 Å². The standard InChI is InChI=1S/C25H20N2O3S/c28-18(15-26-21-12-6-4-10-19(21)20-11-5-7-13-22(20)26)16-27-24(29)23(31-25(27)30)14-17-8-2-1-3-9-17/h1-14,18,28H,15-16H2/b23-14-/t18-/m0/s1. The zero-order valence-corrected chi connectivity index (χ0v) is 17.5. The third-order valence-corrected chi connectivity index (χ3v) is 6.34. The van der Waals surface area contributed by atoms with E-state index in [1.54, 1.807) is 6.08 Å². The third-order valence-electron chi connectivity index (χ3n) is 5.44. The molecule has 1 N–H and O–H groups in total. The van der Waals surface area contributed by atoms with Crippen LogP contribution in [0.1, 0.15) is 5.56 Å². The zero-order chi connectivity index (χ0) is 21.4. The molecule has 0 spiro atoms. The lowest BCUT2D eigenvalue weighted by Crippen LogP contribution is -2.37. The Labute approximate surface area is 183 Å². The number of imide groups is 1. The summed E-state index contributed by atoms with van der Waals surface area (Å²) in [5.74, 6) is -0.361. The van der Waals surface area contributed by atoms with Gasteiger partial charge in [0.1, 0.15) is 0 Å². The molecule has 154 valence electrons. The Balaban J connectivity index is 1.39. The quantitative estimate of drug-likeness (QED) is 0.460. The normalized spacial score (nSPS) is 16.7. The van der Waals surface area contributed by atoms with Gasteiger partial charge < -0.3 is 9.67 Å². The molecule has 2 amide bonds. The van der Waals surface area contributed by atoms with Crippen LogP contribution in [0.2, 0.25) is 0 Å². The average Bonchev–Trinajstić information content (AvgIpc) is 3.24. The number of rotatable bonds is 5. The van der Waals surface area contributed by atoms with Crippen molar-refractivity contribution in [3.05, 3.63) is 89.3 Å². The van der Waals surface area contributed by atoms with Crippen molar-refractivity contribution >= 4 is 50.8 Å². The molecule has 5 nitrogen and oxygen atoms in total. The smallest absolute Gasteiger partial charge is 0.293 e. The molecule has 0 bridgehead atoms. The molecular weight excluding hydrogens is 408 g/mol. The number of aromatic nitrogens is 1. The van der Waals surface area contributed by atoms with Crippen LogP contribution in [0.4, 0.5) is 4.79 Å². The lowest BCUT2D eigenvalue weighted by atomic mass is 10.2. The highest BCUT2D eigenvalue weighted by Crippen LogP contribution is 2.33. The Bertz CT molecular complexity index is 1270. The van der Waals surface area contributed by atoms with Crippen LogP contribution in [0.25, 0.3) is 27.9 Å². The minimum absolute atomic E-state index is 0.0440. The second kappa shape index (κ2) is 8.06. The molecule has 3 aromatic carbocycles. The molecule has 1 atom stereocenters. The Morgan fingerprint density at radius 1 is 0.806 bits per heavy atom. The molecule has 0 radical (unpaired) electrons. The summed E-state index contributed by atoms with van der Waals surface area (Å²) in [7, 11) is 0. The van der Waals surface area contributed by atoms with E-state index in [1.807, 2.05) is 71.3 Å². The number of para-hydroxylation sites is 2. The van der Waals surface area contributed by atoms with Crippen molar-refractivity contribution in [2.75, 3.05) is 6.54 Å². The van der Waals surface area contributed by atoms with Gasteiger partial charge in [-0.25, -0.2) is 0 Å². The van der Waals surface area contributed by atoms with Crippen LogP contribution < -0.4 is 0 Å². The molecular formula is C25H20N2O3S. The number of benzene rings is 3. The molecule has 0 aliphatic carbocycles. The molecule has 1 aromatic heterocycles. The summed E-state index contributed by atoms with van der Waals surface area (Å²) in [4.78, 5) is 26.8. The molecule has 1 aliphatic rings. The summed E-state index contributed by atoms with van der Waals surface area (Å²) in [6.45, 7) is 0.241. The Morgan fingerprint density at radius 3 is 2.03 bits per heavy atom. The summed E-state index contributed by atoms with van der Waals surface area (Å²) in [5, 5.41) is 12.7. The van der Waals surface area contributed by atoms with E-state index in [1.165, 1.54) is 0 Å². The van der Waals surface area contributed by atoms with E-state index in [-0.39, 0.29) is 24.2 Å². The maximum atomic E-state index is 12.8. The zero-order valence-electron chi connectivity index (χ0n) is 16.6. The van der Waals surface area contributed by atoms with Crippen molar-refractivity contribution in [2.24, 2.45) is 0 Å². The number of aliphatic hydroxyl groups excluding tert-OH is 1.